The van der Waals surface area contributed by atoms with Crippen LogP contribution in [0.3, 0.4) is 0 Å². The summed E-state index contributed by atoms with van der Waals surface area (Å²) in [5, 5.41) is 15.3. The lowest BCUT2D eigenvalue weighted by atomic mass is 10.2. The Bertz CT molecular complexity index is 763. The molecule has 2 rings (SSSR count). The third-order valence-electron chi connectivity index (χ3n) is 3.01. The van der Waals surface area contributed by atoms with Crippen LogP contribution >= 0.6 is 23.2 Å². The molecule has 2 aromatic carbocycles. The first-order valence-corrected chi connectivity index (χ1v) is 7.45. The van der Waals surface area contributed by atoms with Gasteiger partial charge >= 0.3 is 0 Å². The van der Waals surface area contributed by atoms with E-state index in [1.165, 1.54) is 24.3 Å². The number of anilines is 1. The van der Waals surface area contributed by atoms with Gasteiger partial charge in [-0.1, -0.05) is 29.3 Å². The molecule has 7 heteroatoms. The van der Waals surface area contributed by atoms with E-state index < -0.39 is 11.8 Å². The summed E-state index contributed by atoms with van der Waals surface area (Å²) in [6.07, 6.45) is 0. The van der Waals surface area contributed by atoms with Crippen molar-refractivity contribution in [2.24, 2.45) is 0 Å². The molecular weight excluding hydrogens is 339 g/mol. The van der Waals surface area contributed by atoms with Crippen molar-refractivity contribution in [1.82, 2.24) is 5.32 Å². The first-order valence-electron chi connectivity index (χ1n) is 6.69. The maximum Gasteiger partial charge on any atom is 0.253 e. The van der Waals surface area contributed by atoms with Gasteiger partial charge in [0.2, 0.25) is 5.91 Å². The lowest BCUT2D eigenvalue weighted by Crippen LogP contribution is -2.33. The van der Waals surface area contributed by atoms with E-state index in [2.05, 4.69) is 10.6 Å². The minimum Gasteiger partial charge on any atom is -0.506 e. The standard InChI is InChI=1S/C16H14Cl2N2O3/c1-9-2-5-13(14(21)6-9)20-15(22)8-19-16(23)11-4-3-10(17)7-12(11)18/h2-7,21H,8H2,1H3,(H,19,23)(H,20,22). The molecule has 5 nitrogen and oxygen atoms in total. The second kappa shape index (κ2) is 7.35. The maximum atomic E-state index is 12.0. The Morgan fingerprint density at radius 3 is 2.52 bits per heavy atom. The molecule has 0 aromatic heterocycles. The maximum absolute atomic E-state index is 12.0. The van der Waals surface area contributed by atoms with Crippen molar-refractivity contribution in [2.75, 3.05) is 11.9 Å². The van der Waals surface area contributed by atoms with Crippen LogP contribution in [0.15, 0.2) is 36.4 Å². The lowest BCUT2D eigenvalue weighted by Gasteiger charge is -2.09. The summed E-state index contributed by atoms with van der Waals surface area (Å²) in [6.45, 7) is 1.56. The molecule has 23 heavy (non-hydrogen) atoms. The molecule has 0 spiro atoms. The van der Waals surface area contributed by atoms with Gasteiger partial charge in [-0.15, -0.1) is 0 Å². The Morgan fingerprint density at radius 1 is 1.13 bits per heavy atom. The molecule has 0 aliphatic heterocycles. The zero-order valence-corrected chi connectivity index (χ0v) is 13.7. The number of benzene rings is 2. The molecule has 0 saturated heterocycles. The van der Waals surface area contributed by atoms with Gasteiger partial charge in [0.05, 0.1) is 22.8 Å². The second-order valence-electron chi connectivity index (χ2n) is 4.88. The van der Waals surface area contributed by atoms with Crippen LogP contribution in [0.2, 0.25) is 10.0 Å². The number of phenols is 1. The minimum atomic E-state index is -0.491. The molecule has 3 N–H and O–H groups in total. The highest BCUT2D eigenvalue weighted by molar-refractivity contribution is 6.36. The fourth-order valence-corrected chi connectivity index (χ4v) is 2.37. The van der Waals surface area contributed by atoms with E-state index in [4.69, 9.17) is 23.2 Å². The van der Waals surface area contributed by atoms with Crippen molar-refractivity contribution in [3.8, 4) is 5.75 Å². The number of halogens is 2. The monoisotopic (exact) mass is 352 g/mol. The molecule has 0 radical (unpaired) electrons. The number of amides is 2. The summed E-state index contributed by atoms with van der Waals surface area (Å²) in [5.74, 6) is -0.997. The van der Waals surface area contributed by atoms with Crippen LogP contribution in [0.25, 0.3) is 0 Å². The third-order valence-corrected chi connectivity index (χ3v) is 3.56. The van der Waals surface area contributed by atoms with Crippen LogP contribution in [0.4, 0.5) is 5.69 Å². The van der Waals surface area contributed by atoms with Crippen molar-refractivity contribution >= 4 is 40.7 Å². The number of carbonyl (C=O) groups excluding carboxylic acids is 2. The normalized spacial score (nSPS) is 10.2. The van der Waals surface area contributed by atoms with Crippen molar-refractivity contribution in [3.63, 3.8) is 0 Å². The third kappa shape index (κ3) is 4.61. The summed E-state index contributed by atoms with van der Waals surface area (Å²) in [4.78, 5) is 23.8. The second-order valence-corrected chi connectivity index (χ2v) is 5.72. The number of hydrogen-bond acceptors (Lipinski definition) is 3. The largest absolute Gasteiger partial charge is 0.506 e. The van der Waals surface area contributed by atoms with Crippen molar-refractivity contribution in [1.29, 1.82) is 0 Å². The number of phenolic OH excluding ortho intramolecular Hbond substituents is 1. The smallest absolute Gasteiger partial charge is 0.253 e. The molecule has 0 saturated carbocycles. The number of carbonyl (C=O) groups is 2. The van der Waals surface area contributed by atoms with Gasteiger partial charge in [0, 0.05) is 5.02 Å². The highest BCUT2D eigenvalue weighted by Crippen LogP contribution is 2.23. The summed E-state index contributed by atoms with van der Waals surface area (Å²) < 4.78 is 0. The van der Waals surface area contributed by atoms with E-state index in [1.54, 1.807) is 12.1 Å². The molecule has 120 valence electrons. The quantitative estimate of drug-likeness (QED) is 0.738. The van der Waals surface area contributed by atoms with Gasteiger partial charge in [0.25, 0.3) is 5.91 Å². The Morgan fingerprint density at radius 2 is 1.87 bits per heavy atom. The average Bonchev–Trinajstić information content (AvgIpc) is 2.48. The summed E-state index contributed by atoms with van der Waals surface area (Å²) in [5.41, 5.74) is 1.37. The topological polar surface area (TPSA) is 78.4 Å². The number of aryl methyl sites for hydroxylation is 1. The predicted octanol–water partition coefficient (Wildman–Crippen LogP) is 3.38. The molecule has 2 amide bonds. The predicted molar refractivity (Wildman–Crippen MR) is 90.3 cm³/mol. The molecule has 0 bridgehead atoms. The molecule has 0 atom stereocenters. The molecule has 0 aliphatic rings. The Labute approximate surface area is 143 Å². The van der Waals surface area contributed by atoms with E-state index in [0.717, 1.165) is 5.56 Å². The lowest BCUT2D eigenvalue weighted by molar-refractivity contribution is -0.115. The van der Waals surface area contributed by atoms with Crippen LogP contribution in [-0.4, -0.2) is 23.5 Å². The van der Waals surface area contributed by atoms with Crippen molar-refractivity contribution < 1.29 is 14.7 Å². The number of hydrogen-bond donors (Lipinski definition) is 3. The van der Waals surface area contributed by atoms with Crippen LogP contribution in [0.1, 0.15) is 15.9 Å². The SMILES string of the molecule is Cc1ccc(NC(=O)CNC(=O)c2ccc(Cl)cc2Cl)c(O)c1. The molecular formula is C16H14Cl2N2O3. The Hall–Kier alpha value is -2.24. The van der Waals surface area contributed by atoms with E-state index in [1.807, 2.05) is 6.92 Å². The zero-order chi connectivity index (χ0) is 17.0. The van der Waals surface area contributed by atoms with Gasteiger partial charge in [0.15, 0.2) is 0 Å². The van der Waals surface area contributed by atoms with Crippen LogP contribution in [0, 0.1) is 6.92 Å². The van der Waals surface area contributed by atoms with Crippen molar-refractivity contribution in [3.05, 3.63) is 57.6 Å². The summed E-state index contributed by atoms with van der Waals surface area (Å²) >= 11 is 11.7. The number of aromatic hydroxyl groups is 1. The highest BCUT2D eigenvalue weighted by Gasteiger charge is 2.13. The van der Waals surface area contributed by atoms with E-state index in [9.17, 15) is 14.7 Å². The molecule has 0 fully saturated rings. The van der Waals surface area contributed by atoms with Crippen LogP contribution in [-0.2, 0) is 4.79 Å². The Kier molecular flexibility index (Phi) is 5.47. The first-order chi connectivity index (χ1) is 10.9. The minimum absolute atomic E-state index is 0.0366. The summed E-state index contributed by atoms with van der Waals surface area (Å²) in [7, 11) is 0. The molecule has 0 unspecified atom stereocenters. The van der Waals surface area contributed by atoms with Gasteiger partial charge in [-0.3, -0.25) is 9.59 Å². The zero-order valence-electron chi connectivity index (χ0n) is 12.2. The molecule has 0 heterocycles. The van der Waals surface area contributed by atoms with Gasteiger partial charge in [-0.2, -0.15) is 0 Å². The first kappa shape index (κ1) is 17.1. The van der Waals surface area contributed by atoms with E-state index >= 15 is 0 Å². The average molecular weight is 353 g/mol. The number of nitrogens with one attached hydrogen (secondary N) is 2. The highest BCUT2D eigenvalue weighted by atomic mass is 35.5. The molecule has 2 aromatic rings. The van der Waals surface area contributed by atoms with Gasteiger partial charge < -0.3 is 15.7 Å². The number of rotatable bonds is 4. The van der Waals surface area contributed by atoms with Gasteiger partial charge in [-0.25, -0.2) is 0 Å². The Balaban J connectivity index is 1.94. The van der Waals surface area contributed by atoms with Crippen LogP contribution < -0.4 is 10.6 Å². The fourth-order valence-electron chi connectivity index (χ4n) is 1.87. The van der Waals surface area contributed by atoms with E-state index in [0.29, 0.717) is 5.02 Å². The van der Waals surface area contributed by atoms with Crippen molar-refractivity contribution in [2.45, 2.75) is 6.92 Å². The van der Waals surface area contributed by atoms with E-state index in [-0.39, 0.29) is 28.6 Å². The summed E-state index contributed by atoms with van der Waals surface area (Å²) in [6, 6.07) is 9.32. The van der Waals surface area contributed by atoms with Crippen LogP contribution in [0.5, 0.6) is 5.75 Å². The van der Waals surface area contributed by atoms with Gasteiger partial charge in [-0.05, 0) is 42.8 Å². The fraction of sp³-hybridized carbons (Fsp3) is 0.125. The van der Waals surface area contributed by atoms with Gasteiger partial charge in [0.1, 0.15) is 5.75 Å². The molecule has 0 aliphatic carbocycles.